The van der Waals surface area contributed by atoms with Crippen molar-refractivity contribution in [3.05, 3.63) is 23.8 Å². The van der Waals surface area contributed by atoms with Gasteiger partial charge in [0.15, 0.2) is 0 Å². The maximum Gasteiger partial charge on any atom is 0.120 e. The van der Waals surface area contributed by atoms with Gasteiger partial charge in [-0.2, -0.15) is 0 Å². The summed E-state index contributed by atoms with van der Waals surface area (Å²) in [5.41, 5.74) is 7.90. The summed E-state index contributed by atoms with van der Waals surface area (Å²) < 4.78 is 10.8. The first-order valence-electron chi connectivity index (χ1n) is 6.34. The molecule has 2 unspecified atom stereocenters. The molecule has 0 saturated carbocycles. The summed E-state index contributed by atoms with van der Waals surface area (Å²) >= 11 is 0. The average Bonchev–Trinajstić information content (AvgIpc) is 2.68. The molecule has 0 aliphatic carbocycles. The average molecular weight is 250 g/mol. The van der Waals surface area contributed by atoms with Crippen LogP contribution in [0.3, 0.4) is 0 Å². The third-order valence-electron chi connectivity index (χ3n) is 3.92. The number of ether oxygens (including phenoxy) is 2. The number of nitrogen functional groups attached to an aromatic ring is 1. The molecule has 0 radical (unpaired) electrons. The highest BCUT2D eigenvalue weighted by Gasteiger charge is 2.36. The molecule has 4 nitrogen and oxygen atoms in total. The minimum atomic E-state index is 0.0341. The van der Waals surface area contributed by atoms with Crippen molar-refractivity contribution in [3.8, 4) is 5.75 Å². The van der Waals surface area contributed by atoms with Gasteiger partial charge in [-0.1, -0.05) is 6.07 Å². The topological polar surface area (TPSA) is 56.5 Å². The number of hydrogen-bond donors (Lipinski definition) is 2. The molecule has 2 rings (SSSR count). The van der Waals surface area contributed by atoms with E-state index in [2.05, 4.69) is 19.2 Å². The van der Waals surface area contributed by atoms with Gasteiger partial charge in [0.25, 0.3) is 0 Å². The minimum absolute atomic E-state index is 0.0341. The SMILES string of the molecule is COc1ccc(CNC2(C)CCOC2C)c(N)c1. The molecule has 1 heterocycles. The number of anilines is 1. The maximum atomic E-state index is 6.01. The van der Waals surface area contributed by atoms with Crippen LogP contribution in [0.5, 0.6) is 5.75 Å². The van der Waals surface area contributed by atoms with Crippen LogP contribution in [0.4, 0.5) is 5.69 Å². The number of hydrogen-bond acceptors (Lipinski definition) is 4. The minimum Gasteiger partial charge on any atom is -0.497 e. The van der Waals surface area contributed by atoms with E-state index in [4.69, 9.17) is 15.2 Å². The monoisotopic (exact) mass is 250 g/mol. The lowest BCUT2D eigenvalue weighted by molar-refractivity contribution is 0.0881. The fraction of sp³-hybridized carbons (Fsp3) is 0.571. The van der Waals surface area contributed by atoms with Crippen LogP contribution in [0.2, 0.25) is 0 Å². The van der Waals surface area contributed by atoms with Crippen LogP contribution in [0.1, 0.15) is 25.8 Å². The Kier molecular flexibility index (Phi) is 3.78. The highest BCUT2D eigenvalue weighted by atomic mass is 16.5. The summed E-state index contributed by atoms with van der Waals surface area (Å²) in [7, 11) is 1.64. The molecular weight excluding hydrogens is 228 g/mol. The van der Waals surface area contributed by atoms with E-state index in [1.165, 1.54) is 0 Å². The van der Waals surface area contributed by atoms with Crippen LogP contribution in [-0.4, -0.2) is 25.4 Å². The molecule has 3 N–H and O–H groups in total. The molecule has 0 amide bonds. The summed E-state index contributed by atoms with van der Waals surface area (Å²) in [5, 5.41) is 3.56. The molecule has 0 spiro atoms. The van der Waals surface area contributed by atoms with Crippen molar-refractivity contribution >= 4 is 5.69 Å². The van der Waals surface area contributed by atoms with E-state index in [-0.39, 0.29) is 11.6 Å². The van der Waals surface area contributed by atoms with Crippen LogP contribution >= 0.6 is 0 Å². The molecule has 100 valence electrons. The summed E-state index contributed by atoms with van der Waals surface area (Å²) in [4.78, 5) is 0. The fourth-order valence-electron chi connectivity index (χ4n) is 2.23. The first kappa shape index (κ1) is 13.2. The molecule has 1 aliphatic rings. The molecule has 1 aliphatic heterocycles. The van der Waals surface area contributed by atoms with Crippen molar-refractivity contribution in [2.45, 2.75) is 38.5 Å². The number of methoxy groups -OCH3 is 1. The molecule has 1 fully saturated rings. The first-order chi connectivity index (χ1) is 8.55. The Morgan fingerprint density at radius 3 is 2.89 bits per heavy atom. The molecule has 18 heavy (non-hydrogen) atoms. The predicted octanol–water partition coefficient (Wildman–Crippen LogP) is 1.93. The lowest BCUT2D eigenvalue weighted by atomic mass is 9.94. The molecular formula is C14H22N2O2. The van der Waals surface area contributed by atoms with Gasteiger partial charge < -0.3 is 20.5 Å². The van der Waals surface area contributed by atoms with Gasteiger partial charge in [-0.3, -0.25) is 0 Å². The highest BCUT2D eigenvalue weighted by molar-refractivity contribution is 5.51. The van der Waals surface area contributed by atoms with Gasteiger partial charge in [0.2, 0.25) is 0 Å². The van der Waals surface area contributed by atoms with Crippen molar-refractivity contribution in [2.75, 3.05) is 19.5 Å². The summed E-state index contributed by atoms with van der Waals surface area (Å²) in [5.74, 6) is 0.792. The number of rotatable bonds is 4. The predicted molar refractivity (Wildman–Crippen MR) is 72.7 cm³/mol. The first-order valence-corrected chi connectivity index (χ1v) is 6.34. The molecule has 0 bridgehead atoms. The zero-order chi connectivity index (χ0) is 13.2. The van der Waals surface area contributed by atoms with Crippen LogP contribution in [-0.2, 0) is 11.3 Å². The Bertz CT molecular complexity index is 422. The Balaban J connectivity index is 2.02. The maximum absolute atomic E-state index is 6.01. The van der Waals surface area contributed by atoms with E-state index in [1.54, 1.807) is 7.11 Å². The van der Waals surface area contributed by atoms with Crippen molar-refractivity contribution in [2.24, 2.45) is 0 Å². The van der Waals surface area contributed by atoms with E-state index in [0.717, 1.165) is 36.6 Å². The third-order valence-corrected chi connectivity index (χ3v) is 3.92. The van der Waals surface area contributed by atoms with E-state index in [9.17, 15) is 0 Å². The smallest absolute Gasteiger partial charge is 0.120 e. The van der Waals surface area contributed by atoms with Gasteiger partial charge in [0.05, 0.1) is 13.2 Å². The van der Waals surface area contributed by atoms with E-state index < -0.39 is 0 Å². The largest absolute Gasteiger partial charge is 0.497 e. The molecule has 2 atom stereocenters. The number of nitrogens with two attached hydrogens (primary N) is 1. The molecule has 1 aromatic carbocycles. The van der Waals surface area contributed by atoms with Gasteiger partial charge in [-0.05, 0) is 31.9 Å². The van der Waals surface area contributed by atoms with Crippen LogP contribution in [0.15, 0.2) is 18.2 Å². The van der Waals surface area contributed by atoms with Gasteiger partial charge in [0.1, 0.15) is 5.75 Å². The van der Waals surface area contributed by atoms with Gasteiger partial charge >= 0.3 is 0 Å². The van der Waals surface area contributed by atoms with Gasteiger partial charge in [-0.15, -0.1) is 0 Å². The van der Waals surface area contributed by atoms with E-state index in [0.29, 0.717) is 0 Å². The second kappa shape index (κ2) is 5.16. The summed E-state index contributed by atoms with van der Waals surface area (Å²) in [6, 6.07) is 5.79. The molecule has 0 aromatic heterocycles. The van der Waals surface area contributed by atoms with Crippen LogP contribution in [0.25, 0.3) is 0 Å². The second-order valence-electron chi connectivity index (χ2n) is 5.10. The van der Waals surface area contributed by atoms with Crippen molar-refractivity contribution in [1.29, 1.82) is 0 Å². The van der Waals surface area contributed by atoms with Crippen molar-refractivity contribution in [3.63, 3.8) is 0 Å². The zero-order valence-corrected chi connectivity index (χ0v) is 11.3. The standard InChI is InChI=1S/C14H22N2O2/c1-10-14(2,6-7-18-10)16-9-11-4-5-12(17-3)8-13(11)15/h4-5,8,10,16H,6-7,9,15H2,1-3H3. The number of nitrogens with one attached hydrogen (secondary N) is 1. The van der Waals surface area contributed by atoms with E-state index in [1.807, 2.05) is 18.2 Å². The van der Waals surface area contributed by atoms with Gasteiger partial charge in [0, 0.05) is 30.4 Å². The van der Waals surface area contributed by atoms with Crippen LogP contribution in [0, 0.1) is 0 Å². The summed E-state index contributed by atoms with van der Waals surface area (Å²) in [6.45, 7) is 5.88. The van der Waals surface area contributed by atoms with Crippen molar-refractivity contribution < 1.29 is 9.47 Å². The van der Waals surface area contributed by atoms with E-state index >= 15 is 0 Å². The lowest BCUT2D eigenvalue weighted by Gasteiger charge is -2.29. The second-order valence-corrected chi connectivity index (χ2v) is 5.10. The van der Waals surface area contributed by atoms with Gasteiger partial charge in [-0.25, -0.2) is 0 Å². The highest BCUT2D eigenvalue weighted by Crippen LogP contribution is 2.26. The Morgan fingerprint density at radius 1 is 1.56 bits per heavy atom. The fourth-order valence-corrected chi connectivity index (χ4v) is 2.23. The number of benzene rings is 1. The normalized spacial score (nSPS) is 27.4. The summed E-state index contributed by atoms with van der Waals surface area (Å²) in [6.07, 6.45) is 1.27. The Hall–Kier alpha value is -1.26. The Labute approximate surface area is 108 Å². The zero-order valence-electron chi connectivity index (χ0n) is 11.3. The van der Waals surface area contributed by atoms with Crippen LogP contribution < -0.4 is 15.8 Å². The lowest BCUT2D eigenvalue weighted by Crippen LogP contribution is -2.47. The quantitative estimate of drug-likeness (QED) is 0.802. The molecule has 4 heteroatoms. The third kappa shape index (κ3) is 2.60. The van der Waals surface area contributed by atoms with Crippen molar-refractivity contribution in [1.82, 2.24) is 5.32 Å². The molecule has 1 aromatic rings. The molecule has 1 saturated heterocycles. The Morgan fingerprint density at radius 2 is 2.33 bits per heavy atom.